The van der Waals surface area contributed by atoms with E-state index in [0.717, 1.165) is 42.8 Å². The van der Waals surface area contributed by atoms with Gasteiger partial charge in [0.1, 0.15) is 18.5 Å². The van der Waals surface area contributed by atoms with Gasteiger partial charge in [0.25, 0.3) is 0 Å². The highest BCUT2D eigenvalue weighted by Gasteiger charge is 2.36. The number of likely N-dealkylation sites (tertiary alicyclic amines) is 1. The normalized spacial score (nSPS) is 26.8. The number of hydrogen-bond acceptors (Lipinski definition) is 4. The van der Waals surface area contributed by atoms with Crippen molar-refractivity contribution in [2.75, 3.05) is 26.2 Å². The van der Waals surface area contributed by atoms with E-state index in [1.54, 1.807) is 0 Å². The van der Waals surface area contributed by atoms with Crippen LogP contribution in [0.4, 0.5) is 0 Å². The molecule has 1 aliphatic heterocycles. The molecule has 1 saturated heterocycles. The van der Waals surface area contributed by atoms with Gasteiger partial charge in [-0.25, -0.2) is 0 Å². The van der Waals surface area contributed by atoms with Crippen molar-refractivity contribution in [1.82, 2.24) is 4.90 Å². The van der Waals surface area contributed by atoms with Crippen molar-refractivity contribution in [2.45, 2.75) is 31.9 Å². The van der Waals surface area contributed by atoms with Crippen molar-refractivity contribution in [2.24, 2.45) is 17.6 Å². The van der Waals surface area contributed by atoms with Crippen LogP contribution in [-0.4, -0.2) is 42.4 Å². The van der Waals surface area contributed by atoms with Crippen LogP contribution in [0, 0.1) is 11.8 Å². The fourth-order valence-corrected chi connectivity index (χ4v) is 3.83. The number of nitrogens with two attached hydrogens (primary N) is 1. The van der Waals surface area contributed by atoms with Crippen molar-refractivity contribution in [3.05, 3.63) is 29.8 Å². The highest BCUT2D eigenvalue weighted by Crippen LogP contribution is 2.37. The summed E-state index contributed by atoms with van der Waals surface area (Å²) in [5, 5.41) is 10.2. The Balaban J connectivity index is 1.45. The van der Waals surface area contributed by atoms with E-state index in [2.05, 4.69) is 4.90 Å². The monoisotopic (exact) mass is 290 g/mol. The van der Waals surface area contributed by atoms with Crippen LogP contribution in [0.3, 0.4) is 0 Å². The molecule has 0 bridgehead atoms. The number of aliphatic hydroxyl groups is 1. The Morgan fingerprint density at radius 3 is 2.67 bits per heavy atom. The number of aliphatic hydroxyl groups excluding tert-OH is 1. The third-order valence-electron chi connectivity index (χ3n) is 4.89. The number of benzene rings is 1. The van der Waals surface area contributed by atoms with E-state index >= 15 is 0 Å². The van der Waals surface area contributed by atoms with Crippen molar-refractivity contribution >= 4 is 0 Å². The van der Waals surface area contributed by atoms with Gasteiger partial charge in [-0.15, -0.1) is 0 Å². The molecular weight excluding hydrogens is 264 g/mol. The van der Waals surface area contributed by atoms with E-state index in [0.29, 0.717) is 13.2 Å². The molecule has 3 unspecified atom stereocenters. The summed E-state index contributed by atoms with van der Waals surface area (Å²) in [6, 6.07) is 7.76. The zero-order chi connectivity index (χ0) is 14.7. The van der Waals surface area contributed by atoms with E-state index in [4.69, 9.17) is 10.5 Å². The minimum Gasteiger partial charge on any atom is -0.491 e. The summed E-state index contributed by atoms with van der Waals surface area (Å²) in [7, 11) is 0. The Morgan fingerprint density at radius 2 is 1.95 bits per heavy atom. The maximum absolute atomic E-state index is 10.2. The van der Waals surface area contributed by atoms with Crippen molar-refractivity contribution < 1.29 is 9.84 Å². The van der Waals surface area contributed by atoms with Gasteiger partial charge >= 0.3 is 0 Å². The smallest absolute Gasteiger partial charge is 0.123 e. The first kappa shape index (κ1) is 14.8. The zero-order valence-corrected chi connectivity index (χ0v) is 12.6. The quantitative estimate of drug-likeness (QED) is 0.836. The molecule has 0 spiro atoms. The number of rotatable bonds is 6. The lowest BCUT2D eigenvalue weighted by atomic mass is 10.0. The van der Waals surface area contributed by atoms with Gasteiger partial charge in [-0.1, -0.05) is 24.6 Å². The lowest BCUT2D eigenvalue weighted by Gasteiger charge is -2.21. The van der Waals surface area contributed by atoms with Crippen LogP contribution in [0.1, 0.15) is 24.8 Å². The molecule has 1 aliphatic carbocycles. The summed E-state index contributed by atoms with van der Waals surface area (Å²) in [6.07, 6.45) is 3.70. The molecule has 3 N–H and O–H groups in total. The summed E-state index contributed by atoms with van der Waals surface area (Å²) in [4.78, 5) is 2.40. The van der Waals surface area contributed by atoms with Gasteiger partial charge in [-0.2, -0.15) is 0 Å². The molecular formula is C17H26N2O2. The Hall–Kier alpha value is -1.10. The largest absolute Gasteiger partial charge is 0.491 e. The fourth-order valence-electron chi connectivity index (χ4n) is 3.83. The SMILES string of the molecule is NCc1ccccc1OCC(O)CN1CC2CCCC2C1. The lowest BCUT2D eigenvalue weighted by Crippen LogP contribution is -2.34. The third-order valence-corrected chi connectivity index (χ3v) is 4.89. The molecule has 1 aromatic rings. The second-order valence-electron chi connectivity index (χ2n) is 6.45. The zero-order valence-electron chi connectivity index (χ0n) is 12.6. The first-order valence-electron chi connectivity index (χ1n) is 8.07. The highest BCUT2D eigenvalue weighted by atomic mass is 16.5. The Labute approximate surface area is 126 Å². The minimum atomic E-state index is -0.436. The van der Waals surface area contributed by atoms with Gasteiger partial charge in [0.15, 0.2) is 0 Å². The van der Waals surface area contributed by atoms with E-state index in [1.165, 1.54) is 19.3 Å². The van der Waals surface area contributed by atoms with Gasteiger partial charge in [-0.05, 0) is 30.7 Å². The van der Waals surface area contributed by atoms with Crippen LogP contribution in [0.15, 0.2) is 24.3 Å². The van der Waals surface area contributed by atoms with Crippen LogP contribution in [0.25, 0.3) is 0 Å². The van der Waals surface area contributed by atoms with Crippen LogP contribution in [-0.2, 0) is 6.54 Å². The van der Waals surface area contributed by atoms with Gasteiger partial charge < -0.3 is 20.5 Å². The van der Waals surface area contributed by atoms with E-state index < -0.39 is 6.10 Å². The molecule has 3 rings (SSSR count). The molecule has 2 aliphatic rings. The Kier molecular flexibility index (Phi) is 4.78. The van der Waals surface area contributed by atoms with Crippen molar-refractivity contribution in [1.29, 1.82) is 0 Å². The second-order valence-corrected chi connectivity index (χ2v) is 6.45. The molecule has 116 valence electrons. The average Bonchev–Trinajstić information content (AvgIpc) is 3.06. The predicted molar refractivity (Wildman–Crippen MR) is 83.1 cm³/mol. The molecule has 0 amide bonds. The molecule has 1 saturated carbocycles. The van der Waals surface area contributed by atoms with Crippen molar-refractivity contribution in [3.63, 3.8) is 0 Å². The summed E-state index contributed by atoms with van der Waals surface area (Å²) in [6.45, 7) is 3.82. The number of nitrogens with zero attached hydrogens (tertiary/aromatic N) is 1. The Morgan fingerprint density at radius 1 is 1.24 bits per heavy atom. The van der Waals surface area contributed by atoms with Gasteiger partial charge in [0.05, 0.1) is 0 Å². The topological polar surface area (TPSA) is 58.7 Å². The van der Waals surface area contributed by atoms with Crippen LogP contribution < -0.4 is 10.5 Å². The average molecular weight is 290 g/mol. The van der Waals surface area contributed by atoms with Gasteiger partial charge in [0.2, 0.25) is 0 Å². The van der Waals surface area contributed by atoms with Gasteiger partial charge in [0, 0.05) is 31.7 Å². The molecule has 3 atom stereocenters. The molecule has 4 nitrogen and oxygen atoms in total. The molecule has 0 aromatic heterocycles. The highest BCUT2D eigenvalue weighted by molar-refractivity contribution is 5.32. The van der Waals surface area contributed by atoms with Crippen LogP contribution >= 0.6 is 0 Å². The van der Waals surface area contributed by atoms with E-state index in [1.807, 2.05) is 24.3 Å². The van der Waals surface area contributed by atoms with Crippen molar-refractivity contribution in [3.8, 4) is 5.75 Å². The Bertz CT molecular complexity index is 454. The number of para-hydroxylation sites is 1. The summed E-state index contributed by atoms with van der Waals surface area (Å²) < 4.78 is 5.74. The third kappa shape index (κ3) is 3.57. The number of ether oxygens (including phenoxy) is 1. The summed E-state index contributed by atoms with van der Waals surface area (Å²) in [5.74, 6) is 2.53. The summed E-state index contributed by atoms with van der Waals surface area (Å²) >= 11 is 0. The number of fused-ring (bicyclic) bond motifs is 1. The standard InChI is InChI=1S/C17H26N2O2/c18-8-13-4-1-2-7-17(13)21-12-16(20)11-19-9-14-5-3-6-15(14)10-19/h1-2,4,7,14-16,20H,3,5-6,8-12,18H2. The summed E-state index contributed by atoms with van der Waals surface area (Å²) in [5.41, 5.74) is 6.68. The number of hydrogen-bond donors (Lipinski definition) is 2. The van der Waals surface area contributed by atoms with Crippen LogP contribution in [0.5, 0.6) is 5.75 Å². The molecule has 4 heteroatoms. The molecule has 21 heavy (non-hydrogen) atoms. The number of β-amino-alcohol motifs (C(OH)–C–C–N with tert-alkyl or cyclic N) is 1. The maximum atomic E-state index is 10.2. The first-order chi connectivity index (χ1) is 10.3. The fraction of sp³-hybridized carbons (Fsp3) is 0.647. The van der Waals surface area contributed by atoms with E-state index in [9.17, 15) is 5.11 Å². The maximum Gasteiger partial charge on any atom is 0.123 e. The molecule has 0 radical (unpaired) electrons. The minimum absolute atomic E-state index is 0.336. The van der Waals surface area contributed by atoms with Crippen LogP contribution in [0.2, 0.25) is 0 Å². The molecule has 1 aromatic carbocycles. The molecule has 2 fully saturated rings. The lowest BCUT2D eigenvalue weighted by molar-refractivity contribution is 0.0730. The van der Waals surface area contributed by atoms with E-state index in [-0.39, 0.29) is 0 Å². The predicted octanol–water partition coefficient (Wildman–Crippen LogP) is 1.62. The van der Waals surface area contributed by atoms with Gasteiger partial charge in [-0.3, -0.25) is 0 Å². The second kappa shape index (κ2) is 6.77. The first-order valence-corrected chi connectivity index (χ1v) is 8.07. The molecule has 1 heterocycles.